The second kappa shape index (κ2) is 7.65. The zero-order chi connectivity index (χ0) is 18.8. The fraction of sp³-hybridized carbons (Fsp3) is 0.312. The Hall–Kier alpha value is -1.74. The van der Waals surface area contributed by atoms with Crippen LogP contribution in [0.1, 0.15) is 22.5 Å². The lowest BCUT2D eigenvalue weighted by atomic mass is 10.0. The number of aryl methyl sites for hydroxylation is 1. The van der Waals surface area contributed by atoms with E-state index in [0.29, 0.717) is 6.42 Å². The Morgan fingerprint density at radius 1 is 1.40 bits per heavy atom. The first-order valence-corrected chi connectivity index (χ1v) is 9.44. The van der Waals surface area contributed by atoms with Crippen LogP contribution in [0.4, 0.5) is 4.39 Å². The fourth-order valence-corrected chi connectivity index (χ4v) is 3.68. The molecule has 0 aliphatic rings. The molecule has 9 heteroatoms. The molecule has 6 nitrogen and oxygen atoms in total. The van der Waals surface area contributed by atoms with Crippen LogP contribution in [-0.2, 0) is 23.0 Å². The van der Waals surface area contributed by atoms with E-state index < -0.39 is 10.0 Å². The Balaban J connectivity index is 2.31. The molecule has 0 bridgehead atoms. The standard InChI is InChI=1S/C16H20ClFN4O2S/c1-10-14(11(2)22(21-10)9-13(18)5-6-19)7-12-3-4-16(15(17)8-12)25(20,23)24/h3-5,8H,6-7,9,19H2,1-2H3,(H2,20,23,24). The van der Waals surface area contributed by atoms with E-state index in [4.69, 9.17) is 22.5 Å². The lowest BCUT2D eigenvalue weighted by molar-refractivity contribution is 0.517. The van der Waals surface area contributed by atoms with Crippen molar-refractivity contribution in [1.82, 2.24) is 9.78 Å². The number of nitrogens with two attached hydrogens (primary N) is 2. The molecule has 0 atom stereocenters. The molecular weight excluding hydrogens is 367 g/mol. The first-order chi connectivity index (χ1) is 11.6. The number of nitrogens with zero attached hydrogens (tertiary/aromatic N) is 2. The minimum Gasteiger partial charge on any atom is -0.327 e. The third kappa shape index (κ3) is 4.66. The van der Waals surface area contributed by atoms with Crippen LogP contribution in [-0.4, -0.2) is 24.7 Å². The lowest BCUT2D eigenvalue weighted by Crippen LogP contribution is -2.12. The molecular formula is C16H20ClFN4O2S. The van der Waals surface area contributed by atoms with Crippen LogP contribution in [0.25, 0.3) is 0 Å². The number of hydrogen-bond donors (Lipinski definition) is 2. The molecule has 0 aliphatic carbocycles. The van der Waals surface area contributed by atoms with Crippen molar-refractivity contribution in [3.05, 3.63) is 57.6 Å². The zero-order valence-corrected chi connectivity index (χ0v) is 15.5. The van der Waals surface area contributed by atoms with Gasteiger partial charge in [-0.1, -0.05) is 17.7 Å². The fourth-order valence-electron chi connectivity index (χ4n) is 2.57. The Labute approximate surface area is 151 Å². The van der Waals surface area contributed by atoms with E-state index >= 15 is 0 Å². The van der Waals surface area contributed by atoms with Crippen molar-refractivity contribution in [2.45, 2.75) is 31.7 Å². The number of benzene rings is 1. The largest absolute Gasteiger partial charge is 0.327 e. The highest BCUT2D eigenvalue weighted by Gasteiger charge is 2.16. The van der Waals surface area contributed by atoms with E-state index in [9.17, 15) is 12.8 Å². The molecule has 0 amide bonds. The van der Waals surface area contributed by atoms with Crippen molar-refractivity contribution in [3.8, 4) is 0 Å². The Bertz CT molecular complexity index is 922. The Morgan fingerprint density at radius 3 is 2.64 bits per heavy atom. The zero-order valence-electron chi connectivity index (χ0n) is 14.0. The smallest absolute Gasteiger partial charge is 0.239 e. The van der Waals surface area contributed by atoms with E-state index in [1.54, 1.807) is 16.8 Å². The number of hydrogen-bond acceptors (Lipinski definition) is 4. The Morgan fingerprint density at radius 2 is 2.08 bits per heavy atom. The molecule has 1 heterocycles. The number of allylic oxidation sites excluding steroid dienone is 1. The van der Waals surface area contributed by atoms with Gasteiger partial charge in [-0.3, -0.25) is 4.68 Å². The maximum Gasteiger partial charge on any atom is 0.239 e. The van der Waals surface area contributed by atoms with E-state index in [1.165, 1.54) is 12.1 Å². The van der Waals surface area contributed by atoms with Gasteiger partial charge in [0.25, 0.3) is 0 Å². The number of halogens is 2. The Kier molecular flexibility index (Phi) is 5.99. The van der Waals surface area contributed by atoms with E-state index in [0.717, 1.165) is 22.5 Å². The molecule has 0 saturated heterocycles. The molecule has 2 aromatic rings. The van der Waals surface area contributed by atoms with Crippen LogP contribution in [0.5, 0.6) is 0 Å². The van der Waals surface area contributed by atoms with Gasteiger partial charge in [-0.25, -0.2) is 17.9 Å². The van der Waals surface area contributed by atoms with Crippen LogP contribution in [0, 0.1) is 13.8 Å². The summed E-state index contributed by atoms with van der Waals surface area (Å²) in [7, 11) is -3.86. The van der Waals surface area contributed by atoms with Gasteiger partial charge in [-0.15, -0.1) is 0 Å². The van der Waals surface area contributed by atoms with Crippen molar-refractivity contribution in [1.29, 1.82) is 0 Å². The molecule has 0 fully saturated rings. The van der Waals surface area contributed by atoms with Crippen LogP contribution in [0.15, 0.2) is 35.0 Å². The minimum atomic E-state index is -3.86. The van der Waals surface area contributed by atoms with Crippen molar-refractivity contribution < 1.29 is 12.8 Å². The molecule has 0 aliphatic heterocycles. The average molecular weight is 387 g/mol. The maximum absolute atomic E-state index is 13.7. The topological polar surface area (TPSA) is 104 Å². The van der Waals surface area contributed by atoms with Crippen molar-refractivity contribution in [2.24, 2.45) is 10.9 Å². The number of rotatable bonds is 6. The summed E-state index contributed by atoms with van der Waals surface area (Å²) < 4.78 is 38.1. The van der Waals surface area contributed by atoms with Gasteiger partial charge in [0.1, 0.15) is 10.7 Å². The maximum atomic E-state index is 13.7. The molecule has 4 N–H and O–H groups in total. The third-order valence-corrected chi connectivity index (χ3v) is 5.25. The SMILES string of the molecule is Cc1nn(CC(F)=CCN)c(C)c1Cc1ccc(S(N)(=O)=O)c(Cl)c1. The summed E-state index contributed by atoms with van der Waals surface area (Å²) in [5.41, 5.74) is 8.63. The van der Waals surface area contributed by atoms with Crippen LogP contribution >= 0.6 is 11.6 Å². The van der Waals surface area contributed by atoms with E-state index in [-0.39, 0.29) is 28.8 Å². The number of aromatic nitrogens is 2. The van der Waals surface area contributed by atoms with Gasteiger partial charge in [0.2, 0.25) is 10.0 Å². The monoisotopic (exact) mass is 386 g/mol. The van der Waals surface area contributed by atoms with Crippen LogP contribution in [0.2, 0.25) is 5.02 Å². The highest BCUT2D eigenvalue weighted by molar-refractivity contribution is 7.89. The van der Waals surface area contributed by atoms with Gasteiger partial charge in [-0.05, 0) is 37.6 Å². The van der Waals surface area contributed by atoms with Gasteiger partial charge < -0.3 is 5.73 Å². The molecule has 25 heavy (non-hydrogen) atoms. The van der Waals surface area contributed by atoms with Gasteiger partial charge in [0, 0.05) is 24.2 Å². The summed E-state index contributed by atoms with van der Waals surface area (Å²) in [5, 5.41) is 9.53. The molecule has 2 rings (SSSR count). The normalized spacial score (nSPS) is 12.6. The molecule has 136 valence electrons. The van der Waals surface area contributed by atoms with Crippen LogP contribution < -0.4 is 10.9 Å². The van der Waals surface area contributed by atoms with Gasteiger partial charge in [-0.2, -0.15) is 5.10 Å². The summed E-state index contributed by atoms with van der Waals surface area (Å²) in [6.07, 6.45) is 1.80. The molecule has 0 saturated carbocycles. The van der Waals surface area contributed by atoms with Crippen molar-refractivity contribution >= 4 is 21.6 Å². The minimum absolute atomic E-state index is 0.0228. The summed E-state index contributed by atoms with van der Waals surface area (Å²) in [4.78, 5) is -0.115. The molecule has 0 radical (unpaired) electrons. The van der Waals surface area contributed by atoms with E-state index in [2.05, 4.69) is 5.10 Å². The second-order valence-electron chi connectivity index (χ2n) is 5.68. The molecule has 1 aromatic heterocycles. The third-order valence-electron chi connectivity index (χ3n) is 3.86. The molecule has 0 spiro atoms. The number of primary sulfonamides is 1. The second-order valence-corrected chi connectivity index (χ2v) is 7.62. The highest BCUT2D eigenvalue weighted by atomic mass is 35.5. The predicted molar refractivity (Wildman–Crippen MR) is 95.6 cm³/mol. The summed E-state index contributed by atoms with van der Waals surface area (Å²) in [5.74, 6) is -0.347. The van der Waals surface area contributed by atoms with E-state index in [1.807, 2.05) is 13.8 Å². The highest BCUT2D eigenvalue weighted by Crippen LogP contribution is 2.25. The number of sulfonamides is 1. The summed E-state index contributed by atoms with van der Waals surface area (Å²) in [6.45, 7) is 3.84. The van der Waals surface area contributed by atoms with Crippen molar-refractivity contribution in [3.63, 3.8) is 0 Å². The van der Waals surface area contributed by atoms with Gasteiger partial charge in [0.05, 0.1) is 17.3 Å². The summed E-state index contributed by atoms with van der Waals surface area (Å²) >= 11 is 6.02. The molecule has 0 unspecified atom stereocenters. The molecule has 1 aromatic carbocycles. The quantitative estimate of drug-likeness (QED) is 0.794. The van der Waals surface area contributed by atoms with Gasteiger partial charge in [0.15, 0.2) is 0 Å². The summed E-state index contributed by atoms with van der Waals surface area (Å²) in [6, 6.07) is 4.59. The first-order valence-electron chi connectivity index (χ1n) is 7.52. The first kappa shape index (κ1) is 19.6. The van der Waals surface area contributed by atoms with Crippen LogP contribution in [0.3, 0.4) is 0 Å². The predicted octanol–water partition coefficient (Wildman–Crippen LogP) is 2.20. The van der Waals surface area contributed by atoms with Gasteiger partial charge >= 0.3 is 0 Å². The average Bonchev–Trinajstić information content (AvgIpc) is 2.74. The van der Waals surface area contributed by atoms with Crippen molar-refractivity contribution in [2.75, 3.05) is 6.54 Å². The lowest BCUT2D eigenvalue weighted by Gasteiger charge is -2.07.